The fourth-order valence-electron chi connectivity index (χ4n) is 2.01. The van der Waals surface area contributed by atoms with E-state index in [1.165, 1.54) is 10.4 Å². The van der Waals surface area contributed by atoms with Crippen LogP contribution in [0.4, 0.5) is 0 Å². The number of aryl methyl sites for hydroxylation is 1. The van der Waals surface area contributed by atoms with Gasteiger partial charge in [-0.2, -0.15) is 4.80 Å². The molecule has 3 rings (SSSR count). The van der Waals surface area contributed by atoms with Crippen LogP contribution in [0, 0.1) is 6.92 Å². The second kappa shape index (κ2) is 7.69. The number of aromatic nitrogens is 4. The molecule has 124 valence electrons. The SMILES string of the molecule is Cc1ccsc1CNC(=O)Cn1nnc(COc2ccccc2)n1. The van der Waals surface area contributed by atoms with Gasteiger partial charge in [0.25, 0.3) is 0 Å². The van der Waals surface area contributed by atoms with Gasteiger partial charge in [0.15, 0.2) is 6.61 Å². The lowest BCUT2D eigenvalue weighted by Gasteiger charge is -2.04. The summed E-state index contributed by atoms with van der Waals surface area (Å²) < 4.78 is 5.54. The van der Waals surface area contributed by atoms with Crippen LogP contribution in [0.25, 0.3) is 0 Å². The molecule has 0 aliphatic rings. The van der Waals surface area contributed by atoms with Crippen molar-refractivity contribution in [1.82, 2.24) is 25.5 Å². The number of nitrogens with zero attached hydrogens (tertiary/aromatic N) is 4. The number of benzene rings is 1. The highest BCUT2D eigenvalue weighted by Gasteiger charge is 2.09. The van der Waals surface area contributed by atoms with E-state index < -0.39 is 0 Å². The number of thiophene rings is 1. The van der Waals surface area contributed by atoms with Crippen molar-refractivity contribution in [3.8, 4) is 5.75 Å². The van der Waals surface area contributed by atoms with E-state index >= 15 is 0 Å². The fraction of sp³-hybridized carbons (Fsp3) is 0.250. The Morgan fingerprint density at radius 2 is 2.12 bits per heavy atom. The predicted octanol–water partition coefficient (Wildman–Crippen LogP) is 1.94. The minimum absolute atomic E-state index is 0.0305. The average molecular weight is 343 g/mol. The highest BCUT2D eigenvalue weighted by Crippen LogP contribution is 2.14. The maximum absolute atomic E-state index is 11.9. The Morgan fingerprint density at radius 3 is 2.88 bits per heavy atom. The van der Waals surface area contributed by atoms with Crippen LogP contribution in [-0.2, 0) is 24.5 Å². The van der Waals surface area contributed by atoms with Crippen molar-refractivity contribution in [2.45, 2.75) is 26.6 Å². The minimum atomic E-state index is -0.157. The maximum Gasteiger partial charge on any atom is 0.243 e. The van der Waals surface area contributed by atoms with Gasteiger partial charge in [0.05, 0.1) is 6.54 Å². The van der Waals surface area contributed by atoms with Crippen molar-refractivity contribution in [2.75, 3.05) is 0 Å². The van der Waals surface area contributed by atoms with E-state index in [9.17, 15) is 4.79 Å². The molecule has 0 bridgehead atoms. The van der Waals surface area contributed by atoms with Crippen LogP contribution in [0.15, 0.2) is 41.8 Å². The first-order chi connectivity index (χ1) is 11.7. The van der Waals surface area contributed by atoms with Crippen LogP contribution in [0.5, 0.6) is 5.75 Å². The summed E-state index contributed by atoms with van der Waals surface area (Å²) in [4.78, 5) is 14.4. The second-order valence-corrected chi connectivity index (χ2v) is 6.14. The van der Waals surface area contributed by atoms with Crippen molar-refractivity contribution in [2.24, 2.45) is 0 Å². The summed E-state index contributed by atoms with van der Waals surface area (Å²) in [5.74, 6) is 1.01. The number of carbonyl (C=O) groups excluding carboxylic acids is 1. The monoisotopic (exact) mass is 343 g/mol. The van der Waals surface area contributed by atoms with Gasteiger partial charge in [-0.1, -0.05) is 18.2 Å². The molecule has 0 unspecified atom stereocenters. The Balaban J connectivity index is 1.46. The molecule has 0 aliphatic heterocycles. The van der Waals surface area contributed by atoms with E-state index in [2.05, 4.69) is 20.7 Å². The van der Waals surface area contributed by atoms with Crippen LogP contribution < -0.4 is 10.1 Å². The Bertz CT molecular complexity index is 800. The number of hydrogen-bond donors (Lipinski definition) is 1. The van der Waals surface area contributed by atoms with Gasteiger partial charge in [-0.05, 0) is 41.3 Å². The van der Waals surface area contributed by atoms with E-state index in [0.29, 0.717) is 12.4 Å². The number of para-hydroxylation sites is 1. The Morgan fingerprint density at radius 1 is 1.29 bits per heavy atom. The van der Waals surface area contributed by atoms with Crippen molar-refractivity contribution in [3.63, 3.8) is 0 Å². The van der Waals surface area contributed by atoms with Crippen LogP contribution >= 0.6 is 11.3 Å². The predicted molar refractivity (Wildman–Crippen MR) is 89.5 cm³/mol. The van der Waals surface area contributed by atoms with E-state index in [-0.39, 0.29) is 19.1 Å². The molecular weight excluding hydrogens is 326 g/mol. The summed E-state index contributed by atoms with van der Waals surface area (Å²) in [5.41, 5.74) is 1.18. The van der Waals surface area contributed by atoms with Gasteiger partial charge in [-0.3, -0.25) is 4.79 Å². The summed E-state index contributed by atoms with van der Waals surface area (Å²) >= 11 is 1.62. The van der Waals surface area contributed by atoms with Crippen LogP contribution in [-0.4, -0.2) is 26.1 Å². The molecule has 0 saturated heterocycles. The van der Waals surface area contributed by atoms with Gasteiger partial charge in [0.1, 0.15) is 12.3 Å². The largest absolute Gasteiger partial charge is 0.485 e. The van der Waals surface area contributed by atoms with Gasteiger partial charge in [-0.25, -0.2) is 0 Å². The Labute approximate surface area is 143 Å². The van der Waals surface area contributed by atoms with E-state index in [4.69, 9.17) is 4.74 Å². The first-order valence-corrected chi connectivity index (χ1v) is 8.33. The van der Waals surface area contributed by atoms with Crippen LogP contribution in [0.2, 0.25) is 0 Å². The third-order valence-corrected chi connectivity index (χ3v) is 4.33. The molecule has 0 aliphatic carbocycles. The zero-order valence-electron chi connectivity index (χ0n) is 13.2. The van der Waals surface area contributed by atoms with Gasteiger partial charge >= 0.3 is 0 Å². The van der Waals surface area contributed by atoms with Crippen molar-refractivity contribution in [3.05, 3.63) is 58.0 Å². The standard InChI is InChI=1S/C16H17N5O2S/c1-12-7-8-24-14(12)9-17-16(22)10-21-19-15(18-20-21)11-23-13-5-3-2-4-6-13/h2-8H,9-11H2,1H3,(H,17,22). The molecule has 2 aromatic heterocycles. The zero-order valence-corrected chi connectivity index (χ0v) is 14.0. The number of ether oxygens (including phenoxy) is 1. The molecular formula is C16H17N5O2S. The first kappa shape index (κ1) is 16.1. The highest BCUT2D eigenvalue weighted by molar-refractivity contribution is 7.10. The van der Waals surface area contributed by atoms with Crippen LogP contribution in [0.3, 0.4) is 0 Å². The molecule has 24 heavy (non-hydrogen) atoms. The molecule has 7 nitrogen and oxygen atoms in total. The van der Waals surface area contributed by atoms with Crippen molar-refractivity contribution in [1.29, 1.82) is 0 Å². The normalized spacial score (nSPS) is 10.5. The lowest BCUT2D eigenvalue weighted by Crippen LogP contribution is -2.28. The summed E-state index contributed by atoms with van der Waals surface area (Å²) in [6.07, 6.45) is 0. The number of rotatable bonds is 7. The third-order valence-electron chi connectivity index (χ3n) is 3.30. The van der Waals surface area contributed by atoms with Gasteiger partial charge < -0.3 is 10.1 Å². The number of hydrogen-bond acceptors (Lipinski definition) is 6. The molecule has 0 atom stereocenters. The highest BCUT2D eigenvalue weighted by atomic mass is 32.1. The summed E-state index contributed by atoms with van der Waals surface area (Å²) in [7, 11) is 0. The third kappa shape index (κ3) is 4.39. The zero-order chi connectivity index (χ0) is 16.8. The van der Waals surface area contributed by atoms with E-state index in [1.807, 2.05) is 48.7 Å². The van der Waals surface area contributed by atoms with Crippen molar-refractivity contribution >= 4 is 17.2 Å². The lowest BCUT2D eigenvalue weighted by atomic mass is 10.3. The summed E-state index contributed by atoms with van der Waals surface area (Å²) in [6, 6.07) is 11.4. The Hall–Kier alpha value is -2.74. The number of tetrazole rings is 1. The van der Waals surface area contributed by atoms with E-state index in [0.717, 1.165) is 10.6 Å². The topological polar surface area (TPSA) is 81.9 Å². The quantitative estimate of drug-likeness (QED) is 0.709. The molecule has 1 aromatic carbocycles. The fourth-order valence-corrected chi connectivity index (χ4v) is 2.86. The lowest BCUT2D eigenvalue weighted by molar-refractivity contribution is -0.122. The number of nitrogens with one attached hydrogen (secondary N) is 1. The second-order valence-electron chi connectivity index (χ2n) is 5.14. The summed E-state index contributed by atoms with van der Waals surface area (Å²) in [6.45, 7) is 2.78. The minimum Gasteiger partial charge on any atom is -0.485 e. The first-order valence-electron chi connectivity index (χ1n) is 7.45. The molecule has 0 radical (unpaired) electrons. The molecule has 0 fully saturated rings. The van der Waals surface area contributed by atoms with Crippen LogP contribution in [0.1, 0.15) is 16.3 Å². The average Bonchev–Trinajstić information content (AvgIpc) is 3.21. The molecule has 2 heterocycles. The molecule has 0 saturated carbocycles. The maximum atomic E-state index is 11.9. The Kier molecular flexibility index (Phi) is 5.17. The van der Waals surface area contributed by atoms with Gasteiger partial charge in [0.2, 0.25) is 11.7 Å². The number of carbonyl (C=O) groups is 1. The molecule has 1 N–H and O–H groups in total. The smallest absolute Gasteiger partial charge is 0.243 e. The number of amides is 1. The molecule has 3 aromatic rings. The van der Waals surface area contributed by atoms with Crippen molar-refractivity contribution < 1.29 is 9.53 Å². The molecule has 0 spiro atoms. The summed E-state index contributed by atoms with van der Waals surface area (Å²) in [5, 5.41) is 16.8. The molecule has 8 heteroatoms. The van der Waals surface area contributed by atoms with E-state index in [1.54, 1.807) is 11.3 Å². The van der Waals surface area contributed by atoms with Gasteiger partial charge in [0, 0.05) is 4.88 Å². The van der Waals surface area contributed by atoms with Gasteiger partial charge in [-0.15, -0.1) is 21.5 Å². The molecule has 1 amide bonds.